The van der Waals surface area contributed by atoms with E-state index in [0.29, 0.717) is 23.5 Å². The van der Waals surface area contributed by atoms with Crippen LogP contribution in [0.15, 0.2) is 24.3 Å². The average Bonchev–Trinajstić information content (AvgIpc) is 2.86. The summed E-state index contributed by atoms with van der Waals surface area (Å²) in [6, 6.07) is 6.96. The van der Waals surface area contributed by atoms with Gasteiger partial charge in [0, 0.05) is 18.4 Å². The maximum absolute atomic E-state index is 12.4. The van der Waals surface area contributed by atoms with E-state index >= 15 is 0 Å². The van der Waals surface area contributed by atoms with Crippen molar-refractivity contribution in [3.8, 4) is 0 Å². The third-order valence-corrected chi connectivity index (χ3v) is 4.86. The zero-order valence-electron chi connectivity index (χ0n) is 11.8. The summed E-state index contributed by atoms with van der Waals surface area (Å²) in [5.74, 6) is -0.174. The van der Waals surface area contributed by atoms with Crippen LogP contribution in [-0.4, -0.2) is 16.8 Å². The summed E-state index contributed by atoms with van der Waals surface area (Å²) >= 11 is 4.91. The molecule has 21 heavy (non-hydrogen) atoms. The van der Waals surface area contributed by atoms with Crippen LogP contribution >= 0.6 is 12.2 Å². The Kier molecular flexibility index (Phi) is 3.53. The Morgan fingerprint density at radius 3 is 2.05 bits per heavy atom. The lowest BCUT2D eigenvalue weighted by Gasteiger charge is -2.37. The Morgan fingerprint density at radius 2 is 1.57 bits per heavy atom. The predicted molar refractivity (Wildman–Crippen MR) is 85.0 cm³/mol. The van der Waals surface area contributed by atoms with Gasteiger partial charge in [0.25, 0.3) is 0 Å². The minimum absolute atomic E-state index is 0.0660. The van der Waals surface area contributed by atoms with Crippen molar-refractivity contribution in [2.45, 2.75) is 38.5 Å². The zero-order valence-corrected chi connectivity index (χ0v) is 12.6. The largest absolute Gasteiger partial charge is 0.389 e. The highest BCUT2D eigenvalue weighted by Crippen LogP contribution is 2.47. The smallest absolute Gasteiger partial charge is 0.234 e. The number of rotatable bonds is 2. The second kappa shape index (κ2) is 5.22. The van der Waals surface area contributed by atoms with Crippen LogP contribution in [0.5, 0.6) is 0 Å². The molecule has 110 valence electrons. The third-order valence-electron chi connectivity index (χ3n) is 4.63. The van der Waals surface area contributed by atoms with Crippen molar-refractivity contribution in [3.05, 3.63) is 29.8 Å². The molecule has 1 saturated carbocycles. The summed E-state index contributed by atoms with van der Waals surface area (Å²) in [5.41, 5.74) is 6.84. The fourth-order valence-corrected chi connectivity index (χ4v) is 3.68. The van der Waals surface area contributed by atoms with E-state index in [-0.39, 0.29) is 17.2 Å². The van der Waals surface area contributed by atoms with E-state index in [0.717, 1.165) is 31.2 Å². The number of piperidine rings is 1. The van der Waals surface area contributed by atoms with E-state index in [4.69, 9.17) is 18.0 Å². The first-order chi connectivity index (χ1) is 10.0. The van der Waals surface area contributed by atoms with Gasteiger partial charge in [-0.3, -0.25) is 14.5 Å². The van der Waals surface area contributed by atoms with E-state index in [1.54, 1.807) is 24.3 Å². The highest BCUT2D eigenvalue weighted by atomic mass is 32.1. The highest BCUT2D eigenvalue weighted by Gasteiger charge is 2.45. The van der Waals surface area contributed by atoms with Gasteiger partial charge in [0.15, 0.2) is 0 Å². The van der Waals surface area contributed by atoms with Gasteiger partial charge in [0.1, 0.15) is 4.99 Å². The van der Waals surface area contributed by atoms with E-state index in [2.05, 4.69) is 0 Å². The zero-order chi connectivity index (χ0) is 15.0. The topological polar surface area (TPSA) is 63.4 Å². The van der Waals surface area contributed by atoms with Crippen molar-refractivity contribution in [2.24, 2.45) is 11.1 Å². The first kappa shape index (κ1) is 14.2. The highest BCUT2D eigenvalue weighted by molar-refractivity contribution is 7.80. The van der Waals surface area contributed by atoms with Gasteiger partial charge in [-0.05, 0) is 42.5 Å². The molecule has 3 rings (SSSR count). The number of imide groups is 1. The van der Waals surface area contributed by atoms with Gasteiger partial charge in [-0.1, -0.05) is 25.1 Å². The minimum atomic E-state index is -0.0868. The fourth-order valence-electron chi connectivity index (χ4n) is 3.54. The lowest BCUT2D eigenvalue weighted by molar-refractivity contribution is -0.133. The molecule has 4 nitrogen and oxygen atoms in total. The fraction of sp³-hybridized carbons (Fsp3) is 0.438. The molecular weight excluding hydrogens is 284 g/mol. The maximum Gasteiger partial charge on any atom is 0.234 e. The molecule has 0 bridgehead atoms. The van der Waals surface area contributed by atoms with Gasteiger partial charge >= 0.3 is 0 Å². The number of anilines is 1. The van der Waals surface area contributed by atoms with Crippen LogP contribution in [0.1, 0.15) is 44.1 Å². The predicted octanol–water partition coefficient (Wildman–Crippen LogP) is 2.53. The second-order valence-electron chi connectivity index (χ2n) is 6.09. The molecule has 0 radical (unpaired) electrons. The van der Waals surface area contributed by atoms with Crippen LogP contribution in [0, 0.1) is 5.41 Å². The number of amides is 2. The lowest BCUT2D eigenvalue weighted by atomic mass is 9.76. The molecule has 5 heteroatoms. The van der Waals surface area contributed by atoms with Crippen LogP contribution in [0.3, 0.4) is 0 Å². The first-order valence-corrected chi connectivity index (χ1v) is 7.67. The lowest BCUT2D eigenvalue weighted by Crippen LogP contribution is -2.47. The summed E-state index contributed by atoms with van der Waals surface area (Å²) in [6.07, 6.45) is 5.22. The normalized spacial score (nSPS) is 21.0. The maximum atomic E-state index is 12.4. The van der Waals surface area contributed by atoms with E-state index in [1.165, 1.54) is 4.90 Å². The van der Waals surface area contributed by atoms with Crippen molar-refractivity contribution < 1.29 is 9.59 Å². The number of nitrogens with two attached hydrogens (primary N) is 1. The Hall–Kier alpha value is -1.75. The van der Waals surface area contributed by atoms with Crippen molar-refractivity contribution in [1.29, 1.82) is 0 Å². The van der Waals surface area contributed by atoms with Gasteiger partial charge in [0.2, 0.25) is 11.8 Å². The number of hydrogen-bond donors (Lipinski definition) is 1. The van der Waals surface area contributed by atoms with Crippen LogP contribution in [0.4, 0.5) is 5.69 Å². The SMILES string of the molecule is NC(=S)c1ccc(N2C(=O)CC3(CCCC3)CC2=O)cc1. The number of benzene rings is 1. The molecule has 2 N–H and O–H groups in total. The molecule has 1 heterocycles. The summed E-state index contributed by atoms with van der Waals surface area (Å²) < 4.78 is 0. The van der Waals surface area contributed by atoms with Gasteiger partial charge in [-0.15, -0.1) is 0 Å². The van der Waals surface area contributed by atoms with Crippen LogP contribution in [0.2, 0.25) is 0 Å². The van der Waals surface area contributed by atoms with Gasteiger partial charge in [-0.2, -0.15) is 0 Å². The molecule has 0 atom stereocenters. The molecule has 1 saturated heterocycles. The Labute approximate surface area is 129 Å². The van der Waals surface area contributed by atoms with E-state index < -0.39 is 0 Å². The number of nitrogens with zero attached hydrogens (tertiary/aromatic N) is 1. The second-order valence-corrected chi connectivity index (χ2v) is 6.53. The van der Waals surface area contributed by atoms with Gasteiger partial charge in [0.05, 0.1) is 5.69 Å². The van der Waals surface area contributed by atoms with Crippen molar-refractivity contribution in [2.75, 3.05) is 4.90 Å². The third kappa shape index (κ3) is 2.58. The van der Waals surface area contributed by atoms with Gasteiger partial charge in [-0.25, -0.2) is 0 Å². The van der Waals surface area contributed by atoms with E-state index in [9.17, 15) is 9.59 Å². The molecule has 2 amide bonds. The Balaban J connectivity index is 1.84. The quantitative estimate of drug-likeness (QED) is 0.673. The average molecular weight is 302 g/mol. The summed E-state index contributed by atoms with van der Waals surface area (Å²) in [7, 11) is 0. The van der Waals surface area contributed by atoms with Crippen molar-refractivity contribution in [3.63, 3.8) is 0 Å². The summed E-state index contributed by atoms with van der Waals surface area (Å²) in [6.45, 7) is 0. The molecule has 1 aliphatic heterocycles. The Morgan fingerprint density at radius 1 is 1.05 bits per heavy atom. The summed E-state index contributed by atoms with van der Waals surface area (Å²) in [5, 5.41) is 0. The summed E-state index contributed by atoms with van der Waals surface area (Å²) in [4.78, 5) is 26.5. The van der Waals surface area contributed by atoms with E-state index in [1.807, 2.05) is 0 Å². The van der Waals surface area contributed by atoms with Crippen LogP contribution < -0.4 is 10.6 Å². The number of thiocarbonyl (C=S) groups is 1. The van der Waals surface area contributed by atoms with Crippen LogP contribution in [-0.2, 0) is 9.59 Å². The molecule has 2 fully saturated rings. The van der Waals surface area contributed by atoms with Crippen LogP contribution in [0.25, 0.3) is 0 Å². The molecule has 0 unspecified atom stereocenters. The Bertz CT molecular complexity index is 583. The first-order valence-electron chi connectivity index (χ1n) is 7.26. The van der Waals surface area contributed by atoms with Gasteiger partial charge < -0.3 is 5.73 Å². The van der Waals surface area contributed by atoms with Crippen molar-refractivity contribution >= 4 is 34.7 Å². The molecule has 1 aromatic rings. The van der Waals surface area contributed by atoms with Crippen molar-refractivity contribution in [1.82, 2.24) is 0 Å². The number of carbonyl (C=O) groups excluding carboxylic acids is 2. The molecule has 1 aromatic carbocycles. The molecular formula is C16H18N2O2S. The number of hydrogen-bond acceptors (Lipinski definition) is 3. The standard InChI is InChI=1S/C16H18N2O2S/c17-15(21)11-3-5-12(6-4-11)18-13(19)9-16(10-14(18)20)7-1-2-8-16/h3-6H,1-2,7-10H2,(H2,17,21). The molecule has 1 spiro atoms. The molecule has 1 aliphatic carbocycles. The number of carbonyl (C=O) groups is 2. The minimum Gasteiger partial charge on any atom is -0.389 e. The monoisotopic (exact) mass is 302 g/mol. The molecule has 2 aliphatic rings. The molecule has 0 aromatic heterocycles.